The second kappa shape index (κ2) is 10.5. The molecule has 2 heterocycles. The van der Waals surface area contributed by atoms with Crippen LogP contribution in [0.4, 0.5) is 5.13 Å². The Hall–Kier alpha value is -3.10. The smallest absolute Gasteiger partial charge is 0.195 e. The maximum absolute atomic E-state index is 8.29. The molecule has 2 aromatic carbocycles. The van der Waals surface area contributed by atoms with Crippen LogP contribution in [0.1, 0.15) is 35.7 Å². The Morgan fingerprint density at radius 3 is 2.59 bits per heavy atom. The first-order valence-electron chi connectivity index (χ1n) is 10.7. The second-order valence-electron chi connectivity index (χ2n) is 7.69. The van der Waals surface area contributed by atoms with Gasteiger partial charge in [-0.1, -0.05) is 36.4 Å². The molecule has 4 rings (SSSR count). The fourth-order valence-electron chi connectivity index (χ4n) is 4.10. The summed E-state index contributed by atoms with van der Waals surface area (Å²) in [6.07, 6.45) is 2.29. The van der Waals surface area contributed by atoms with E-state index in [-0.39, 0.29) is 5.96 Å². The molecule has 1 aliphatic heterocycles. The van der Waals surface area contributed by atoms with Crippen LogP contribution in [-0.2, 0) is 13.1 Å². The van der Waals surface area contributed by atoms with Gasteiger partial charge in [-0.05, 0) is 37.1 Å². The number of guanidine groups is 1. The molecular weight excluding hydrogens is 422 g/mol. The Balaban J connectivity index is 1.35. The van der Waals surface area contributed by atoms with Crippen LogP contribution in [-0.4, -0.2) is 36.6 Å². The van der Waals surface area contributed by atoms with Crippen molar-refractivity contribution in [2.24, 2.45) is 0 Å². The number of rotatable bonds is 8. The number of anilines is 1. The van der Waals surface area contributed by atoms with Crippen molar-refractivity contribution in [2.45, 2.75) is 32.0 Å². The van der Waals surface area contributed by atoms with Gasteiger partial charge in [0.25, 0.3) is 0 Å². The number of methoxy groups -OCH3 is 2. The summed E-state index contributed by atoms with van der Waals surface area (Å²) in [4.78, 5) is 7.27. The Morgan fingerprint density at radius 2 is 1.88 bits per heavy atom. The SMILES string of the molecule is COc1cccc(OC)c1CNC(=N)Nc1nc(C2CCCN2Cc2ccccc2)cs1. The highest BCUT2D eigenvalue weighted by molar-refractivity contribution is 7.13. The zero-order valence-electron chi connectivity index (χ0n) is 18.4. The number of ether oxygens (including phenoxy) is 2. The predicted molar refractivity (Wildman–Crippen MR) is 129 cm³/mol. The molecule has 1 aliphatic rings. The van der Waals surface area contributed by atoms with Gasteiger partial charge in [0, 0.05) is 11.9 Å². The molecule has 1 fully saturated rings. The lowest BCUT2D eigenvalue weighted by molar-refractivity contribution is 0.245. The van der Waals surface area contributed by atoms with Gasteiger partial charge in [0.2, 0.25) is 0 Å². The van der Waals surface area contributed by atoms with Gasteiger partial charge in [0.05, 0.1) is 38.1 Å². The standard InChI is InChI=1S/C24H29N5O2S/c1-30-21-11-6-12-22(31-2)18(21)14-26-23(25)28-24-27-19(16-32-24)20-10-7-13-29(20)15-17-8-4-3-5-9-17/h3-6,8-9,11-12,16,20H,7,10,13-15H2,1-2H3,(H3,25,26,27,28). The van der Waals surface area contributed by atoms with Crippen molar-refractivity contribution in [1.82, 2.24) is 15.2 Å². The van der Waals surface area contributed by atoms with Crippen LogP contribution in [0.2, 0.25) is 0 Å². The lowest BCUT2D eigenvalue weighted by Crippen LogP contribution is -2.29. The summed E-state index contributed by atoms with van der Waals surface area (Å²) in [5.74, 6) is 1.63. The quantitative estimate of drug-likeness (QED) is 0.342. The minimum atomic E-state index is 0.187. The van der Waals surface area contributed by atoms with E-state index in [1.807, 2.05) is 18.2 Å². The van der Waals surface area contributed by atoms with Crippen LogP contribution in [0.5, 0.6) is 11.5 Å². The molecular formula is C24H29N5O2S. The summed E-state index contributed by atoms with van der Waals surface area (Å²) in [6.45, 7) is 2.42. The maximum atomic E-state index is 8.29. The van der Waals surface area contributed by atoms with Gasteiger partial charge in [0.15, 0.2) is 11.1 Å². The predicted octanol–water partition coefficient (Wildman–Crippen LogP) is 4.63. The van der Waals surface area contributed by atoms with Crippen LogP contribution in [0.15, 0.2) is 53.9 Å². The summed E-state index contributed by atoms with van der Waals surface area (Å²) >= 11 is 1.53. The van der Waals surface area contributed by atoms with E-state index in [1.54, 1.807) is 14.2 Å². The van der Waals surface area contributed by atoms with Crippen molar-refractivity contribution in [3.63, 3.8) is 0 Å². The highest BCUT2D eigenvalue weighted by Gasteiger charge is 2.28. The van der Waals surface area contributed by atoms with E-state index < -0.39 is 0 Å². The summed E-state index contributed by atoms with van der Waals surface area (Å²) in [5, 5.41) is 17.3. The number of nitrogens with zero attached hydrogens (tertiary/aromatic N) is 2. The van der Waals surface area contributed by atoms with Crippen LogP contribution in [0, 0.1) is 5.41 Å². The monoisotopic (exact) mass is 451 g/mol. The molecule has 32 heavy (non-hydrogen) atoms. The van der Waals surface area contributed by atoms with E-state index in [9.17, 15) is 0 Å². The first-order valence-corrected chi connectivity index (χ1v) is 11.6. The Morgan fingerprint density at radius 1 is 1.12 bits per heavy atom. The summed E-state index contributed by atoms with van der Waals surface area (Å²) in [7, 11) is 3.26. The Kier molecular flexibility index (Phi) is 7.24. The van der Waals surface area contributed by atoms with Gasteiger partial charge < -0.3 is 20.1 Å². The lowest BCUT2D eigenvalue weighted by Gasteiger charge is -2.23. The van der Waals surface area contributed by atoms with Gasteiger partial charge in [-0.15, -0.1) is 11.3 Å². The van der Waals surface area contributed by atoms with Gasteiger partial charge in [0.1, 0.15) is 11.5 Å². The molecule has 1 atom stereocenters. The van der Waals surface area contributed by atoms with Crippen molar-refractivity contribution in [1.29, 1.82) is 5.41 Å². The number of likely N-dealkylation sites (tertiary alicyclic amines) is 1. The topological polar surface area (TPSA) is 82.5 Å². The van der Waals surface area contributed by atoms with Crippen molar-refractivity contribution in [2.75, 3.05) is 26.1 Å². The fourth-order valence-corrected chi connectivity index (χ4v) is 4.86. The van der Waals surface area contributed by atoms with Crippen LogP contribution in [0.25, 0.3) is 0 Å². The zero-order chi connectivity index (χ0) is 22.3. The van der Waals surface area contributed by atoms with Crippen molar-refractivity contribution >= 4 is 22.4 Å². The molecule has 0 bridgehead atoms. The highest BCUT2D eigenvalue weighted by Crippen LogP contribution is 2.34. The third-order valence-corrected chi connectivity index (χ3v) is 6.44. The number of thiazole rings is 1. The maximum Gasteiger partial charge on any atom is 0.195 e. The highest BCUT2D eigenvalue weighted by atomic mass is 32.1. The third kappa shape index (κ3) is 5.20. The molecule has 0 amide bonds. The Labute approximate surface area is 192 Å². The molecule has 1 saturated heterocycles. The van der Waals surface area contributed by atoms with Crippen LogP contribution < -0.4 is 20.1 Å². The first kappa shape index (κ1) is 22.1. The number of hydrogen-bond acceptors (Lipinski definition) is 6. The van der Waals surface area contributed by atoms with E-state index in [1.165, 1.54) is 23.3 Å². The minimum absolute atomic E-state index is 0.187. The molecule has 0 spiro atoms. The normalized spacial score (nSPS) is 16.0. The van der Waals surface area contributed by atoms with E-state index in [2.05, 4.69) is 51.2 Å². The van der Waals surface area contributed by atoms with Crippen molar-refractivity contribution < 1.29 is 9.47 Å². The number of aromatic nitrogens is 1. The van der Waals surface area contributed by atoms with Gasteiger partial charge in [-0.25, -0.2) is 4.98 Å². The molecule has 1 aromatic heterocycles. The molecule has 0 aliphatic carbocycles. The Bertz CT molecular complexity index is 1020. The molecule has 1 unspecified atom stereocenters. The van der Waals surface area contributed by atoms with Crippen LogP contribution in [0.3, 0.4) is 0 Å². The molecule has 8 heteroatoms. The van der Waals surface area contributed by atoms with E-state index >= 15 is 0 Å². The molecule has 3 aromatic rings. The van der Waals surface area contributed by atoms with Crippen molar-refractivity contribution in [3.05, 3.63) is 70.7 Å². The summed E-state index contributed by atoms with van der Waals surface area (Å²) in [5.41, 5.74) is 3.27. The minimum Gasteiger partial charge on any atom is -0.496 e. The molecule has 0 radical (unpaired) electrons. The van der Waals surface area contributed by atoms with Gasteiger partial charge in [-0.2, -0.15) is 0 Å². The molecule has 0 saturated carbocycles. The molecule has 168 valence electrons. The van der Waals surface area contributed by atoms with Crippen molar-refractivity contribution in [3.8, 4) is 11.5 Å². The first-order chi connectivity index (χ1) is 15.7. The fraction of sp³-hybridized carbons (Fsp3) is 0.333. The van der Waals surface area contributed by atoms with E-state index in [0.29, 0.717) is 12.6 Å². The summed E-state index contributed by atoms with van der Waals surface area (Å²) < 4.78 is 10.9. The molecule has 7 nitrogen and oxygen atoms in total. The number of benzene rings is 2. The lowest BCUT2D eigenvalue weighted by atomic mass is 10.1. The van der Waals surface area contributed by atoms with E-state index in [0.717, 1.165) is 47.4 Å². The zero-order valence-corrected chi connectivity index (χ0v) is 19.2. The average Bonchev–Trinajstić information content (AvgIpc) is 3.47. The largest absolute Gasteiger partial charge is 0.496 e. The number of nitrogens with one attached hydrogen (secondary N) is 3. The second-order valence-corrected chi connectivity index (χ2v) is 8.54. The number of hydrogen-bond donors (Lipinski definition) is 3. The van der Waals surface area contributed by atoms with Gasteiger partial charge >= 0.3 is 0 Å². The summed E-state index contributed by atoms with van der Waals surface area (Å²) in [6, 6.07) is 16.5. The third-order valence-electron chi connectivity index (χ3n) is 5.66. The van der Waals surface area contributed by atoms with Gasteiger partial charge in [-0.3, -0.25) is 10.3 Å². The average molecular weight is 452 g/mol. The molecule has 3 N–H and O–H groups in total. The van der Waals surface area contributed by atoms with E-state index in [4.69, 9.17) is 19.9 Å². The van der Waals surface area contributed by atoms with Crippen LogP contribution >= 0.6 is 11.3 Å².